The highest BCUT2D eigenvalue weighted by Gasteiger charge is 2.15. The van der Waals surface area contributed by atoms with Crippen LogP contribution < -0.4 is 5.73 Å². The molecule has 1 aromatic heterocycles. The highest BCUT2D eigenvalue weighted by molar-refractivity contribution is 6.30. The zero-order chi connectivity index (χ0) is 14.7. The minimum Gasteiger partial charge on any atom is -0.382 e. The molecule has 2 N–H and O–H groups in total. The van der Waals surface area contributed by atoms with E-state index in [1.807, 2.05) is 25.1 Å². The zero-order valence-corrected chi connectivity index (χ0v) is 12.9. The third-order valence-electron chi connectivity index (χ3n) is 3.67. The molecule has 106 valence electrons. The van der Waals surface area contributed by atoms with Crippen LogP contribution in [0.5, 0.6) is 0 Å². The van der Waals surface area contributed by atoms with Gasteiger partial charge in [0.05, 0.1) is 17.6 Å². The first kappa shape index (κ1) is 14.8. The number of hydrogen-bond donors (Lipinski definition) is 1. The molecule has 3 nitrogen and oxygen atoms in total. The van der Waals surface area contributed by atoms with E-state index < -0.39 is 0 Å². The summed E-state index contributed by atoms with van der Waals surface area (Å²) >= 11 is 6.00. The molecule has 0 saturated carbocycles. The molecule has 0 radical (unpaired) electrons. The van der Waals surface area contributed by atoms with E-state index >= 15 is 0 Å². The van der Waals surface area contributed by atoms with Crippen molar-refractivity contribution in [1.82, 2.24) is 9.97 Å². The molecule has 2 rings (SSSR count). The van der Waals surface area contributed by atoms with E-state index in [1.54, 1.807) is 6.20 Å². The number of aryl methyl sites for hydroxylation is 1. The normalized spacial score (nSPS) is 11.1. The summed E-state index contributed by atoms with van der Waals surface area (Å²) in [5.74, 6) is 0.893. The number of benzene rings is 1. The largest absolute Gasteiger partial charge is 0.382 e. The first-order valence-electron chi connectivity index (χ1n) is 6.95. The lowest BCUT2D eigenvalue weighted by atomic mass is 9.98. The van der Waals surface area contributed by atoms with Gasteiger partial charge in [-0.25, -0.2) is 9.97 Å². The van der Waals surface area contributed by atoms with Crippen LogP contribution in [0.15, 0.2) is 24.4 Å². The predicted molar refractivity (Wildman–Crippen MR) is 85.0 cm³/mol. The quantitative estimate of drug-likeness (QED) is 0.895. The highest BCUT2D eigenvalue weighted by Crippen LogP contribution is 2.29. The lowest BCUT2D eigenvalue weighted by Crippen LogP contribution is -2.07. The summed E-state index contributed by atoms with van der Waals surface area (Å²) in [6.45, 7) is 6.32. The maximum absolute atomic E-state index is 6.00. The van der Waals surface area contributed by atoms with Crippen LogP contribution in [-0.4, -0.2) is 9.97 Å². The van der Waals surface area contributed by atoms with E-state index in [4.69, 9.17) is 22.3 Å². The van der Waals surface area contributed by atoms with Crippen LogP contribution >= 0.6 is 11.6 Å². The average Bonchev–Trinajstić information content (AvgIpc) is 2.42. The van der Waals surface area contributed by atoms with Gasteiger partial charge in [0.25, 0.3) is 0 Å². The Morgan fingerprint density at radius 2 is 1.95 bits per heavy atom. The molecule has 20 heavy (non-hydrogen) atoms. The molecule has 0 atom stereocenters. The van der Waals surface area contributed by atoms with E-state index in [0.717, 1.165) is 40.4 Å². The van der Waals surface area contributed by atoms with Crippen molar-refractivity contribution in [2.45, 2.75) is 39.5 Å². The molecule has 0 saturated heterocycles. The summed E-state index contributed by atoms with van der Waals surface area (Å²) in [7, 11) is 0. The lowest BCUT2D eigenvalue weighted by molar-refractivity contribution is 0.623. The van der Waals surface area contributed by atoms with Gasteiger partial charge in [0, 0.05) is 16.5 Å². The van der Waals surface area contributed by atoms with Crippen molar-refractivity contribution >= 4 is 17.4 Å². The summed E-state index contributed by atoms with van der Waals surface area (Å²) < 4.78 is 0. The second-order valence-corrected chi connectivity index (χ2v) is 5.43. The number of aromatic nitrogens is 2. The Kier molecular flexibility index (Phi) is 4.61. The number of nitrogens with zero attached hydrogens (tertiary/aromatic N) is 2. The van der Waals surface area contributed by atoms with Crippen LogP contribution in [0.4, 0.5) is 5.82 Å². The molecule has 0 aliphatic heterocycles. The summed E-state index contributed by atoms with van der Waals surface area (Å²) in [5, 5.41) is 0.731. The van der Waals surface area contributed by atoms with Gasteiger partial charge in [0.2, 0.25) is 0 Å². The standard InChI is InChI=1S/C16H20ClN3/c1-4-11(5-2)15-16(18)19-9-14(20-15)13-7-6-12(17)8-10(13)3/h6-9,11H,4-5H2,1-3H3,(H2,18,19). The van der Waals surface area contributed by atoms with Crippen molar-refractivity contribution in [2.24, 2.45) is 0 Å². The monoisotopic (exact) mass is 289 g/mol. The van der Waals surface area contributed by atoms with E-state index in [-0.39, 0.29) is 0 Å². The number of rotatable bonds is 4. The van der Waals surface area contributed by atoms with E-state index in [2.05, 4.69) is 18.8 Å². The number of hydrogen-bond acceptors (Lipinski definition) is 3. The molecule has 0 aliphatic carbocycles. The third-order valence-corrected chi connectivity index (χ3v) is 3.90. The van der Waals surface area contributed by atoms with Crippen molar-refractivity contribution in [3.63, 3.8) is 0 Å². The molecule has 0 unspecified atom stereocenters. The maximum atomic E-state index is 6.00. The van der Waals surface area contributed by atoms with Gasteiger partial charge in [-0.15, -0.1) is 0 Å². The van der Waals surface area contributed by atoms with Crippen LogP contribution in [0.25, 0.3) is 11.3 Å². The summed E-state index contributed by atoms with van der Waals surface area (Å²) in [5.41, 5.74) is 9.89. The first-order chi connectivity index (χ1) is 9.56. The Labute approximate surface area is 125 Å². The van der Waals surface area contributed by atoms with Gasteiger partial charge in [-0.05, 0) is 37.5 Å². The van der Waals surface area contributed by atoms with Crippen molar-refractivity contribution < 1.29 is 0 Å². The zero-order valence-electron chi connectivity index (χ0n) is 12.2. The Morgan fingerprint density at radius 3 is 2.55 bits per heavy atom. The van der Waals surface area contributed by atoms with Crippen LogP contribution in [0.2, 0.25) is 5.02 Å². The topological polar surface area (TPSA) is 51.8 Å². The fourth-order valence-electron chi connectivity index (χ4n) is 2.43. The van der Waals surface area contributed by atoms with Crippen molar-refractivity contribution in [3.8, 4) is 11.3 Å². The number of halogens is 1. The Balaban J connectivity index is 2.50. The van der Waals surface area contributed by atoms with Gasteiger partial charge in [-0.2, -0.15) is 0 Å². The second kappa shape index (κ2) is 6.23. The molecular weight excluding hydrogens is 270 g/mol. The summed E-state index contributed by atoms with van der Waals surface area (Å²) in [6, 6.07) is 5.79. The van der Waals surface area contributed by atoms with Gasteiger partial charge in [0.1, 0.15) is 5.82 Å². The molecule has 0 aliphatic rings. The third kappa shape index (κ3) is 2.93. The number of nitrogen functional groups attached to an aromatic ring is 1. The summed E-state index contributed by atoms with van der Waals surface area (Å²) in [6.07, 6.45) is 3.76. The lowest BCUT2D eigenvalue weighted by Gasteiger charge is -2.15. The molecule has 2 aromatic rings. The van der Waals surface area contributed by atoms with Gasteiger partial charge >= 0.3 is 0 Å². The highest BCUT2D eigenvalue weighted by atomic mass is 35.5. The molecule has 0 amide bonds. The molecule has 1 aromatic carbocycles. The van der Waals surface area contributed by atoms with Crippen LogP contribution in [0.1, 0.15) is 43.9 Å². The molecule has 0 spiro atoms. The number of nitrogens with two attached hydrogens (primary N) is 1. The first-order valence-corrected chi connectivity index (χ1v) is 7.33. The van der Waals surface area contributed by atoms with Gasteiger partial charge in [0.15, 0.2) is 0 Å². The molecule has 1 heterocycles. The predicted octanol–water partition coefficient (Wildman–Crippen LogP) is 4.59. The molecule has 0 fully saturated rings. The SMILES string of the molecule is CCC(CC)c1nc(-c2ccc(Cl)cc2C)cnc1N. The Bertz CT molecular complexity index is 607. The fourth-order valence-corrected chi connectivity index (χ4v) is 2.66. The Morgan fingerprint density at radius 1 is 1.25 bits per heavy atom. The number of anilines is 1. The molecule has 4 heteroatoms. The van der Waals surface area contributed by atoms with Crippen molar-refractivity contribution in [1.29, 1.82) is 0 Å². The van der Waals surface area contributed by atoms with Crippen LogP contribution in [0.3, 0.4) is 0 Å². The molecular formula is C16H20ClN3. The van der Waals surface area contributed by atoms with Crippen LogP contribution in [0, 0.1) is 6.92 Å². The van der Waals surface area contributed by atoms with Crippen molar-refractivity contribution in [2.75, 3.05) is 5.73 Å². The van der Waals surface area contributed by atoms with E-state index in [1.165, 1.54) is 0 Å². The average molecular weight is 290 g/mol. The van der Waals surface area contributed by atoms with Gasteiger partial charge in [-0.3, -0.25) is 0 Å². The van der Waals surface area contributed by atoms with E-state index in [9.17, 15) is 0 Å². The van der Waals surface area contributed by atoms with Crippen LogP contribution in [-0.2, 0) is 0 Å². The summed E-state index contributed by atoms with van der Waals surface area (Å²) in [4.78, 5) is 9.06. The van der Waals surface area contributed by atoms with Crippen molar-refractivity contribution in [3.05, 3.63) is 40.7 Å². The Hall–Kier alpha value is -1.61. The smallest absolute Gasteiger partial charge is 0.145 e. The minimum atomic E-state index is 0.357. The fraction of sp³-hybridized carbons (Fsp3) is 0.375. The maximum Gasteiger partial charge on any atom is 0.145 e. The second-order valence-electron chi connectivity index (χ2n) is 5.00. The molecule has 0 bridgehead atoms. The van der Waals surface area contributed by atoms with Gasteiger partial charge in [-0.1, -0.05) is 31.5 Å². The van der Waals surface area contributed by atoms with Gasteiger partial charge < -0.3 is 5.73 Å². The van der Waals surface area contributed by atoms with E-state index in [0.29, 0.717) is 11.7 Å². The minimum absolute atomic E-state index is 0.357.